The zero-order chi connectivity index (χ0) is 17.4. The number of hydrogen-bond acceptors (Lipinski definition) is 3. The van der Waals surface area contributed by atoms with Crippen LogP contribution in [-0.4, -0.2) is 28.0 Å². The Hall–Kier alpha value is -2.09. The van der Waals surface area contributed by atoms with Crippen molar-refractivity contribution in [1.82, 2.24) is 14.9 Å². The molecule has 23 heavy (non-hydrogen) atoms. The number of rotatable bonds is 4. The van der Waals surface area contributed by atoms with Crippen molar-refractivity contribution in [2.45, 2.75) is 39.0 Å². The Morgan fingerprint density at radius 2 is 2.00 bits per heavy atom. The molecule has 2 rings (SSSR count). The molecule has 1 aromatic heterocycles. The van der Waals surface area contributed by atoms with Crippen molar-refractivity contribution in [3.8, 4) is 0 Å². The van der Waals surface area contributed by atoms with Crippen LogP contribution in [0.4, 0.5) is 13.2 Å². The van der Waals surface area contributed by atoms with Gasteiger partial charge in [-0.05, 0) is 39.0 Å². The average Bonchev–Trinajstić information content (AvgIpc) is 2.85. The molecule has 126 valence electrons. The van der Waals surface area contributed by atoms with Crippen LogP contribution in [0.15, 0.2) is 18.2 Å². The van der Waals surface area contributed by atoms with Gasteiger partial charge >= 0.3 is 6.18 Å². The highest BCUT2D eigenvalue weighted by atomic mass is 19.4. The molecule has 0 bridgehead atoms. The van der Waals surface area contributed by atoms with E-state index in [4.69, 9.17) is 5.73 Å². The van der Waals surface area contributed by atoms with E-state index in [0.717, 1.165) is 4.57 Å². The van der Waals surface area contributed by atoms with Crippen LogP contribution in [0.25, 0.3) is 11.0 Å². The number of hydrogen-bond donors (Lipinski definition) is 2. The first-order valence-corrected chi connectivity index (χ1v) is 7.25. The average molecular weight is 328 g/mol. The van der Waals surface area contributed by atoms with Crippen molar-refractivity contribution in [1.29, 1.82) is 0 Å². The fourth-order valence-corrected chi connectivity index (χ4v) is 2.33. The molecule has 2 aromatic rings. The van der Waals surface area contributed by atoms with Gasteiger partial charge in [-0.25, -0.2) is 4.98 Å². The SMILES string of the molecule is CC(C)n1c(C(F)(F)F)nc2cc(C(=O)N[C@@H](C)CN)ccc21. The highest BCUT2D eigenvalue weighted by molar-refractivity contribution is 5.97. The molecule has 0 saturated heterocycles. The second-order valence-corrected chi connectivity index (χ2v) is 5.71. The van der Waals surface area contributed by atoms with Crippen molar-refractivity contribution in [2.24, 2.45) is 5.73 Å². The third-order valence-electron chi connectivity index (χ3n) is 3.45. The molecule has 0 aliphatic rings. The van der Waals surface area contributed by atoms with Crippen LogP contribution >= 0.6 is 0 Å². The lowest BCUT2D eigenvalue weighted by Crippen LogP contribution is -2.37. The lowest BCUT2D eigenvalue weighted by molar-refractivity contribution is -0.147. The van der Waals surface area contributed by atoms with Gasteiger partial charge in [0, 0.05) is 24.2 Å². The molecule has 1 amide bonds. The summed E-state index contributed by atoms with van der Waals surface area (Å²) < 4.78 is 40.6. The van der Waals surface area contributed by atoms with Crippen LogP contribution < -0.4 is 11.1 Å². The maximum absolute atomic E-state index is 13.1. The van der Waals surface area contributed by atoms with E-state index in [-0.39, 0.29) is 23.7 Å². The first-order chi connectivity index (χ1) is 10.6. The molecule has 1 atom stereocenters. The van der Waals surface area contributed by atoms with Crippen molar-refractivity contribution >= 4 is 16.9 Å². The maximum Gasteiger partial charge on any atom is 0.449 e. The van der Waals surface area contributed by atoms with Crippen LogP contribution in [0.1, 0.15) is 43.0 Å². The summed E-state index contributed by atoms with van der Waals surface area (Å²) in [4.78, 5) is 15.7. The van der Waals surface area contributed by atoms with E-state index >= 15 is 0 Å². The number of alkyl halides is 3. The number of nitrogens with zero attached hydrogens (tertiary/aromatic N) is 2. The first kappa shape index (κ1) is 17.3. The molecule has 5 nitrogen and oxygen atoms in total. The summed E-state index contributed by atoms with van der Waals surface area (Å²) >= 11 is 0. The largest absolute Gasteiger partial charge is 0.449 e. The Kier molecular flexibility index (Phi) is 4.65. The van der Waals surface area contributed by atoms with Gasteiger partial charge in [-0.15, -0.1) is 0 Å². The number of halogens is 3. The monoisotopic (exact) mass is 328 g/mol. The number of imidazole rings is 1. The van der Waals surface area contributed by atoms with Gasteiger partial charge in [0.05, 0.1) is 11.0 Å². The maximum atomic E-state index is 13.1. The molecule has 1 heterocycles. The highest BCUT2D eigenvalue weighted by Gasteiger charge is 2.38. The number of nitrogens with one attached hydrogen (secondary N) is 1. The summed E-state index contributed by atoms with van der Waals surface area (Å²) in [7, 11) is 0. The van der Waals surface area contributed by atoms with E-state index in [0.29, 0.717) is 5.52 Å². The van der Waals surface area contributed by atoms with Crippen LogP contribution in [0.3, 0.4) is 0 Å². The van der Waals surface area contributed by atoms with Gasteiger partial charge in [-0.3, -0.25) is 4.79 Å². The molecule has 0 fully saturated rings. The molecule has 1 aromatic carbocycles. The van der Waals surface area contributed by atoms with Gasteiger partial charge in [0.1, 0.15) is 0 Å². The van der Waals surface area contributed by atoms with Gasteiger partial charge in [0.15, 0.2) is 0 Å². The van der Waals surface area contributed by atoms with E-state index in [1.54, 1.807) is 20.8 Å². The number of aromatic nitrogens is 2. The number of benzene rings is 1. The molecule has 0 aliphatic heterocycles. The predicted octanol–water partition coefficient (Wildman–Crippen LogP) is 2.71. The van der Waals surface area contributed by atoms with Gasteiger partial charge in [-0.2, -0.15) is 13.2 Å². The highest BCUT2D eigenvalue weighted by Crippen LogP contribution is 2.33. The predicted molar refractivity (Wildman–Crippen MR) is 81.1 cm³/mol. The minimum absolute atomic E-state index is 0.138. The molecular weight excluding hydrogens is 309 g/mol. The Bertz CT molecular complexity index is 721. The molecule has 0 unspecified atom stereocenters. The van der Waals surface area contributed by atoms with E-state index in [1.807, 2.05) is 0 Å². The van der Waals surface area contributed by atoms with Crippen molar-refractivity contribution in [2.75, 3.05) is 6.54 Å². The Morgan fingerprint density at radius 3 is 2.52 bits per heavy atom. The standard InChI is InChI=1S/C15H19F3N4O/c1-8(2)22-12-5-4-10(13(23)20-9(3)7-19)6-11(12)21-14(22)15(16,17)18/h4-6,8-9H,7,19H2,1-3H3,(H,20,23)/t9-/m0/s1. The minimum Gasteiger partial charge on any atom is -0.348 e. The van der Waals surface area contributed by atoms with E-state index in [1.165, 1.54) is 18.2 Å². The minimum atomic E-state index is -4.56. The summed E-state index contributed by atoms with van der Waals surface area (Å²) in [6, 6.07) is 3.70. The fraction of sp³-hybridized carbons (Fsp3) is 0.467. The first-order valence-electron chi connectivity index (χ1n) is 7.25. The lowest BCUT2D eigenvalue weighted by atomic mass is 10.1. The second-order valence-electron chi connectivity index (χ2n) is 5.71. The van der Waals surface area contributed by atoms with E-state index < -0.39 is 23.9 Å². The third-order valence-corrected chi connectivity index (χ3v) is 3.45. The number of fused-ring (bicyclic) bond motifs is 1. The second kappa shape index (κ2) is 6.19. The molecule has 0 spiro atoms. The molecule has 0 radical (unpaired) electrons. The van der Waals surface area contributed by atoms with Crippen molar-refractivity contribution < 1.29 is 18.0 Å². The summed E-state index contributed by atoms with van der Waals surface area (Å²) in [5.74, 6) is -1.35. The number of carbonyl (C=O) groups is 1. The third kappa shape index (κ3) is 3.47. The van der Waals surface area contributed by atoms with E-state index in [2.05, 4.69) is 10.3 Å². The smallest absolute Gasteiger partial charge is 0.348 e. The van der Waals surface area contributed by atoms with Crippen LogP contribution in [-0.2, 0) is 6.18 Å². The summed E-state index contributed by atoms with van der Waals surface area (Å²) in [5, 5.41) is 2.66. The Labute approximate surface area is 131 Å². The zero-order valence-corrected chi connectivity index (χ0v) is 13.1. The molecule has 3 N–H and O–H groups in total. The Balaban J connectivity index is 2.51. The lowest BCUT2D eigenvalue weighted by Gasteiger charge is -2.14. The summed E-state index contributed by atoms with van der Waals surface area (Å²) in [6.45, 7) is 5.32. The summed E-state index contributed by atoms with van der Waals surface area (Å²) in [6.07, 6.45) is -4.56. The van der Waals surface area contributed by atoms with E-state index in [9.17, 15) is 18.0 Å². The summed E-state index contributed by atoms with van der Waals surface area (Å²) in [5.41, 5.74) is 6.17. The normalized spacial score (nSPS) is 13.6. The number of amides is 1. The Morgan fingerprint density at radius 1 is 1.35 bits per heavy atom. The van der Waals surface area contributed by atoms with Crippen LogP contribution in [0, 0.1) is 0 Å². The van der Waals surface area contributed by atoms with Gasteiger partial charge in [0.25, 0.3) is 5.91 Å². The van der Waals surface area contributed by atoms with Crippen LogP contribution in [0.5, 0.6) is 0 Å². The topological polar surface area (TPSA) is 72.9 Å². The quantitative estimate of drug-likeness (QED) is 0.906. The number of nitrogens with two attached hydrogens (primary N) is 1. The number of carbonyl (C=O) groups excluding carboxylic acids is 1. The molecule has 8 heteroatoms. The fourth-order valence-electron chi connectivity index (χ4n) is 2.33. The van der Waals surface area contributed by atoms with Crippen molar-refractivity contribution in [3.05, 3.63) is 29.6 Å². The van der Waals surface area contributed by atoms with Gasteiger partial charge in [-0.1, -0.05) is 0 Å². The zero-order valence-electron chi connectivity index (χ0n) is 13.1. The van der Waals surface area contributed by atoms with Gasteiger partial charge < -0.3 is 15.6 Å². The molecular formula is C15H19F3N4O. The molecule has 0 saturated carbocycles. The van der Waals surface area contributed by atoms with Gasteiger partial charge in [0.2, 0.25) is 5.82 Å². The molecule has 0 aliphatic carbocycles. The van der Waals surface area contributed by atoms with Crippen molar-refractivity contribution in [3.63, 3.8) is 0 Å². The van der Waals surface area contributed by atoms with Crippen LogP contribution in [0.2, 0.25) is 0 Å².